The highest BCUT2D eigenvalue weighted by Crippen LogP contribution is 2.33. The lowest BCUT2D eigenvalue weighted by Gasteiger charge is -2.09. The average Bonchev–Trinajstić information content (AvgIpc) is 2.77. The van der Waals surface area contributed by atoms with Gasteiger partial charge in [0.15, 0.2) is 0 Å². The SMILES string of the molecule is Cn1cnc2cc(Oc3cc(F)c(N)cc3Cl)ccc21. The summed E-state index contributed by atoms with van der Waals surface area (Å²) in [6, 6.07) is 7.90. The van der Waals surface area contributed by atoms with E-state index in [0.29, 0.717) is 5.75 Å². The number of hydrogen-bond acceptors (Lipinski definition) is 3. The third-order valence-electron chi connectivity index (χ3n) is 2.98. The largest absolute Gasteiger partial charge is 0.456 e. The summed E-state index contributed by atoms with van der Waals surface area (Å²) in [5.74, 6) is 0.180. The Kier molecular flexibility index (Phi) is 2.99. The molecule has 0 aliphatic heterocycles. The van der Waals surface area contributed by atoms with Gasteiger partial charge in [-0.1, -0.05) is 11.6 Å². The molecule has 0 atom stereocenters. The van der Waals surface area contributed by atoms with E-state index < -0.39 is 5.82 Å². The molecule has 1 heterocycles. The van der Waals surface area contributed by atoms with Crippen molar-refractivity contribution < 1.29 is 9.13 Å². The smallest absolute Gasteiger partial charge is 0.149 e. The summed E-state index contributed by atoms with van der Waals surface area (Å²) in [7, 11) is 1.90. The van der Waals surface area contributed by atoms with Gasteiger partial charge >= 0.3 is 0 Å². The van der Waals surface area contributed by atoms with Gasteiger partial charge in [-0.2, -0.15) is 0 Å². The predicted octanol–water partition coefficient (Wildman–Crippen LogP) is 3.74. The summed E-state index contributed by atoms with van der Waals surface area (Å²) < 4.78 is 20.9. The summed E-state index contributed by atoms with van der Waals surface area (Å²) >= 11 is 5.98. The topological polar surface area (TPSA) is 53.1 Å². The Balaban J connectivity index is 1.98. The van der Waals surface area contributed by atoms with E-state index in [0.717, 1.165) is 11.0 Å². The van der Waals surface area contributed by atoms with Crippen LogP contribution in [0.3, 0.4) is 0 Å². The van der Waals surface area contributed by atoms with Gasteiger partial charge in [0.2, 0.25) is 0 Å². The molecule has 3 aromatic rings. The van der Waals surface area contributed by atoms with E-state index >= 15 is 0 Å². The molecule has 0 aliphatic carbocycles. The first-order valence-electron chi connectivity index (χ1n) is 5.88. The minimum absolute atomic E-state index is 0.0115. The van der Waals surface area contributed by atoms with Crippen LogP contribution in [-0.4, -0.2) is 9.55 Å². The Morgan fingerprint density at radius 3 is 2.90 bits per heavy atom. The van der Waals surface area contributed by atoms with E-state index in [1.807, 2.05) is 17.7 Å². The fourth-order valence-corrected chi connectivity index (χ4v) is 2.14. The van der Waals surface area contributed by atoms with Gasteiger partial charge in [0, 0.05) is 19.2 Å². The highest BCUT2D eigenvalue weighted by atomic mass is 35.5. The third kappa shape index (κ3) is 2.16. The number of rotatable bonds is 2. The first kappa shape index (κ1) is 12.7. The van der Waals surface area contributed by atoms with Crippen LogP contribution in [0.25, 0.3) is 11.0 Å². The third-order valence-corrected chi connectivity index (χ3v) is 3.27. The number of nitrogens with zero attached hydrogens (tertiary/aromatic N) is 2. The van der Waals surface area contributed by atoms with Gasteiger partial charge in [0.1, 0.15) is 17.3 Å². The fraction of sp³-hybridized carbons (Fsp3) is 0.0714. The number of benzene rings is 2. The van der Waals surface area contributed by atoms with Crippen molar-refractivity contribution in [2.45, 2.75) is 0 Å². The van der Waals surface area contributed by atoms with Gasteiger partial charge in [0.05, 0.1) is 28.1 Å². The molecule has 0 amide bonds. The lowest BCUT2D eigenvalue weighted by Crippen LogP contribution is -1.93. The van der Waals surface area contributed by atoms with Gasteiger partial charge in [-0.05, 0) is 18.2 Å². The van der Waals surface area contributed by atoms with Gasteiger partial charge in [-0.3, -0.25) is 0 Å². The second-order valence-corrected chi connectivity index (χ2v) is 4.82. The molecule has 3 rings (SSSR count). The van der Waals surface area contributed by atoms with Crippen molar-refractivity contribution >= 4 is 28.3 Å². The number of nitrogen functional groups attached to an aromatic ring is 1. The Morgan fingerprint density at radius 1 is 1.30 bits per heavy atom. The Bertz CT molecular complexity index is 800. The molecule has 20 heavy (non-hydrogen) atoms. The number of fused-ring (bicyclic) bond motifs is 1. The van der Waals surface area contributed by atoms with Crippen LogP contribution in [0.5, 0.6) is 11.5 Å². The maximum Gasteiger partial charge on any atom is 0.149 e. The minimum Gasteiger partial charge on any atom is -0.456 e. The molecule has 0 fully saturated rings. The summed E-state index contributed by atoms with van der Waals surface area (Å²) in [5.41, 5.74) is 7.19. The van der Waals surface area contributed by atoms with Crippen molar-refractivity contribution in [2.24, 2.45) is 7.05 Å². The molecule has 2 N–H and O–H groups in total. The first-order valence-corrected chi connectivity index (χ1v) is 6.26. The summed E-state index contributed by atoms with van der Waals surface area (Å²) in [6.45, 7) is 0. The first-order chi connectivity index (χ1) is 9.54. The fourth-order valence-electron chi connectivity index (χ4n) is 1.93. The molecule has 0 unspecified atom stereocenters. The molecular weight excluding hydrogens is 281 g/mol. The number of aryl methyl sites for hydroxylation is 1. The maximum atomic E-state index is 13.4. The zero-order chi connectivity index (χ0) is 14.3. The molecular formula is C14H11ClFN3O. The Labute approximate surface area is 119 Å². The molecule has 0 aliphatic rings. The molecule has 0 bridgehead atoms. The highest BCUT2D eigenvalue weighted by molar-refractivity contribution is 6.32. The molecule has 6 heteroatoms. The van der Waals surface area contributed by atoms with E-state index in [9.17, 15) is 4.39 Å². The summed E-state index contributed by atoms with van der Waals surface area (Å²) in [5, 5.41) is 0.255. The Morgan fingerprint density at radius 2 is 2.10 bits per heavy atom. The Hall–Kier alpha value is -2.27. The lowest BCUT2D eigenvalue weighted by molar-refractivity contribution is 0.478. The zero-order valence-electron chi connectivity index (χ0n) is 10.6. The molecule has 102 valence electrons. The quantitative estimate of drug-likeness (QED) is 0.732. The van der Waals surface area contributed by atoms with E-state index in [1.54, 1.807) is 18.5 Å². The molecule has 0 spiro atoms. The van der Waals surface area contributed by atoms with Gasteiger partial charge in [0.25, 0.3) is 0 Å². The van der Waals surface area contributed by atoms with Crippen molar-refractivity contribution in [3.05, 3.63) is 47.5 Å². The number of imidazole rings is 1. The standard InChI is InChI=1S/C14H11ClFN3O/c1-19-7-18-12-4-8(2-3-13(12)19)20-14-6-10(16)11(17)5-9(14)15/h2-7H,17H2,1H3. The van der Waals surface area contributed by atoms with E-state index in [1.165, 1.54) is 12.1 Å². The molecule has 0 saturated carbocycles. The van der Waals surface area contributed by atoms with Crippen molar-refractivity contribution in [2.75, 3.05) is 5.73 Å². The maximum absolute atomic E-state index is 13.4. The van der Waals surface area contributed by atoms with Crippen LogP contribution >= 0.6 is 11.6 Å². The second-order valence-electron chi connectivity index (χ2n) is 4.41. The van der Waals surface area contributed by atoms with Crippen molar-refractivity contribution in [3.8, 4) is 11.5 Å². The molecule has 2 aromatic carbocycles. The molecule has 0 saturated heterocycles. The molecule has 1 aromatic heterocycles. The van der Waals surface area contributed by atoms with Crippen LogP contribution < -0.4 is 10.5 Å². The monoisotopic (exact) mass is 291 g/mol. The van der Waals surface area contributed by atoms with E-state index in [4.69, 9.17) is 22.1 Å². The van der Waals surface area contributed by atoms with Crippen LogP contribution in [-0.2, 0) is 7.05 Å². The van der Waals surface area contributed by atoms with Gasteiger partial charge in [-0.25, -0.2) is 9.37 Å². The number of nitrogens with two attached hydrogens (primary N) is 1. The zero-order valence-corrected chi connectivity index (χ0v) is 11.4. The summed E-state index contributed by atoms with van der Waals surface area (Å²) in [4.78, 5) is 4.23. The average molecular weight is 292 g/mol. The predicted molar refractivity (Wildman–Crippen MR) is 76.6 cm³/mol. The number of aromatic nitrogens is 2. The second kappa shape index (κ2) is 4.68. The molecule has 0 radical (unpaired) electrons. The van der Waals surface area contributed by atoms with Gasteiger partial charge < -0.3 is 15.0 Å². The number of ether oxygens (including phenoxy) is 1. The van der Waals surface area contributed by atoms with Gasteiger partial charge in [-0.15, -0.1) is 0 Å². The van der Waals surface area contributed by atoms with Crippen LogP contribution in [0.1, 0.15) is 0 Å². The highest BCUT2D eigenvalue weighted by Gasteiger charge is 2.09. The van der Waals surface area contributed by atoms with Crippen molar-refractivity contribution in [3.63, 3.8) is 0 Å². The van der Waals surface area contributed by atoms with E-state index in [2.05, 4.69) is 4.98 Å². The molecule has 4 nitrogen and oxygen atoms in total. The number of anilines is 1. The van der Waals surface area contributed by atoms with Crippen LogP contribution in [0, 0.1) is 5.82 Å². The number of halogens is 2. The number of hydrogen-bond donors (Lipinski definition) is 1. The van der Waals surface area contributed by atoms with Crippen LogP contribution in [0.15, 0.2) is 36.7 Å². The normalized spacial score (nSPS) is 10.9. The van der Waals surface area contributed by atoms with E-state index in [-0.39, 0.29) is 16.5 Å². The van der Waals surface area contributed by atoms with Crippen LogP contribution in [0.2, 0.25) is 5.02 Å². The summed E-state index contributed by atoms with van der Waals surface area (Å²) in [6.07, 6.45) is 1.71. The van der Waals surface area contributed by atoms with Crippen molar-refractivity contribution in [1.29, 1.82) is 0 Å². The lowest BCUT2D eigenvalue weighted by atomic mass is 10.2. The van der Waals surface area contributed by atoms with Crippen LogP contribution in [0.4, 0.5) is 10.1 Å². The minimum atomic E-state index is -0.566. The van der Waals surface area contributed by atoms with Crippen molar-refractivity contribution in [1.82, 2.24) is 9.55 Å².